The third-order valence-electron chi connectivity index (χ3n) is 2.42. The second-order valence-corrected chi connectivity index (χ2v) is 4.22. The molecule has 0 spiro atoms. The van der Waals surface area contributed by atoms with Gasteiger partial charge in [-0.25, -0.2) is 0 Å². The Hall–Kier alpha value is -1.93. The monoisotopic (exact) mass is 314 g/mol. The molecule has 21 heavy (non-hydrogen) atoms. The highest BCUT2D eigenvalue weighted by Crippen LogP contribution is 2.38. The predicted octanol–water partition coefficient (Wildman–Crippen LogP) is 3.82. The lowest BCUT2D eigenvalue weighted by atomic mass is 10.1. The molecule has 0 bridgehead atoms. The first-order valence-electron chi connectivity index (χ1n) is 5.75. The lowest BCUT2D eigenvalue weighted by Gasteiger charge is -2.14. The van der Waals surface area contributed by atoms with Crippen molar-refractivity contribution in [1.29, 1.82) is 5.41 Å². The summed E-state index contributed by atoms with van der Waals surface area (Å²) in [5.74, 6) is -0.667. The van der Waals surface area contributed by atoms with Crippen LogP contribution in [0, 0.1) is 5.41 Å². The first-order valence-corrected chi connectivity index (χ1v) is 5.75. The molecule has 3 nitrogen and oxygen atoms in total. The second-order valence-electron chi connectivity index (χ2n) is 4.22. The van der Waals surface area contributed by atoms with E-state index in [1.807, 2.05) is 0 Å². The SMILES string of the molecule is N=C(N)CCCOc1cc(C(F)(F)F)cc(C(F)(F)F)c1. The molecular weight excluding hydrogens is 302 g/mol. The summed E-state index contributed by atoms with van der Waals surface area (Å²) in [6, 6.07) is 1.04. The quantitative estimate of drug-likeness (QED) is 0.376. The van der Waals surface area contributed by atoms with E-state index >= 15 is 0 Å². The molecule has 118 valence electrons. The van der Waals surface area contributed by atoms with Crippen LogP contribution in [0.3, 0.4) is 0 Å². The van der Waals surface area contributed by atoms with Gasteiger partial charge in [0.05, 0.1) is 23.6 Å². The van der Waals surface area contributed by atoms with Crippen LogP contribution < -0.4 is 10.5 Å². The van der Waals surface area contributed by atoms with Crippen LogP contribution in [0.4, 0.5) is 26.3 Å². The minimum atomic E-state index is -4.90. The lowest BCUT2D eigenvalue weighted by molar-refractivity contribution is -0.143. The molecule has 0 saturated heterocycles. The largest absolute Gasteiger partial charge is 0.494 e. The van der Waals surface area contributed by atoms with Crippen LogP contribution >= 0.6 is 0 Å². The molecule has 1 rings (SSSR count). The van der Waals surface area contributed by atoms with E-state index in [2.05, 4.69) is 0 Å². The minimum Gasteiger partial charge on any atom is -0.494 e. The molecule has 0 amide bonds. The molecule has 0 unspecified atom stereocenters. The molecular formula is C12H12F6N2O. The van der Waals surface area contributed by atoms with Crippen molar-refractivity contribution >= 4 is 5.84 Å². The fourth-order valence-corrected chi connectivity index (χ4v) is 1.46. The number of ether oxygens (including phenoxy) is 1. The van der Waals surface area contributed by atoms with Crippen LogP contribution in [0.25, 0.3) is 0 Å². The Labute approximate surface area is 116 Å². The van der Waals surface area contributed by atoms with Crippen molar-refractivity contribution in [2.75, 3.05) is 6.61 Å². The van der Waals surface area contributed by atoms with Gasteiger partial charge >= 0.3 is 12.4 Å². The average Bonchev–Trinajstić information content (AvgIpc) is 2.32. The normalized spacial score (nSPS) is 12.3. The molecule has 0 aliphatic rings. The zero-order valence-corrected chi connectivity index (χ0v) is 10.6. The Kier molecular flexibility index (Phi) is 5.08. The van der Waals surface area contributed by atoms with E-state index in [1.54, 1.807) is 0 Å². The Morgan fingerprint density at radius 1 is 1.00 bits per heavy atom. The number of benzene rings is 1. The van der Waals surface area contributed by atoms with Gasteiger partial charge in [0.15, 0.2) is 0 Å². The van der Waals surface area contributed by atoms with Crippen molar-refractivity contribution in [1.82, 2.24) is 0 Å². The van der Waals surface area contributed by atoms with Gasteiger partial charge in [0, 0.05) is 6.42 Å². The predicted molar refractivity (Wildman–Crippen MR) is 63.1 cm³/mol. The van der Waals surface area contributed by atoms with E-state index in [1.165, 1.54) is 0 Å². The maximum Gasteiger partial charge on any atom is 0.416 e. The number of alkyl halides is 6. The van der Waals surface area contributed by atoms with E-state index in [0.29, 0.717) is 12.1 Å². The van der Waals surface area contributed by atoms with E-state index in [4.69, 9.17) is 15.9 Å². The van der Waals surface area contributed by atoms with Crippen LogP contribution in [-0.2, 0) is 12.4 Å². The molecule has 0 radical (unpaired) electrons. The molecule has 9 heteroatoms. The summed E-state index contributed by atoms with van der Waals surface area (Å²) in [5, 5.41) is 6.93. The summed E-state index contributed by atoms with van der Waals surface area (Å²) in [4.78, 5) is 0. The van der Waals surface area contributed by atoms with Crippen molar-refractivity contribution in [3.8, 4) is 5.75 Å². The highest BCUT2D eigenvalue weighted by atomic mass is 19.4. The number of hydrogen-bond donors (Lipinski definition) is 2. The molecule has 0 saturated carbocycles. The van der Waals surface area contributed by atoms with Crippen LogP contribution in [0.15, 0.2) is 18.2 Å². The summed E-state index contributed by atoms with van der Waals surface area (Å²) in [6.07, 6.45) is -9.45. The maximum atomic E-state index is 12.6. The molecule has 1 aromatic carbocycles. The average molecular weight is 314 g/mol. The van der Waals surface area contributed by atoms with E-state index in [0.717, 1.165) is 0 Å². The van der Waals surface area contributed by atoms with Crippen LogP contribution in [0.5, 0.6) is 5.75 Å². The molecule has 0 heterocycles. The van der Waals surface area contributed by atoms with Gasteiger partial charge in [0.1, 0.15) is 5.75 Å². The summed E-state index contributed by atoms with van der Waals surface area (Å²) < 4.78 is 80.3. The van der Waals surface area contributed by atoms with E-state index in [9.17, 15) is 26.3 Å². The number of halogens is 6. The third-order valence-corrected chi connectivity index (χ3v) is 2.42. The van der Waals surface area contributed by atoms with Crippen molar-refractivity contribution in [3.63, 3.8) is 0 Å². The van der Waals surface area contributed by atoms with Crippen molar-refractivity contribution in [2.45, 2.75) is 25.2 Å². The van der Waals surface area contributed by atoms with Gasteiger partial charge in [-0.2, -0.15) is 26.3 Å². The fraction of sp³-hybridized carbons (Fsp3) is 0.417. The van der Waals surface area contributed by atoms with Crippen molar-refractivity contribution in [3.05, 3.63) is 29.3 Å². The minimum absolute atomic E-state index is 0.0302. The van der Waals surface area contributed by atoms with Gasteiger partial charge in [0.2, 0.25) is 0 Å². The Morgan fingerprint density at radius 2 is 1.48 bits per heavy atom. The molecule has 0 aliphatic carbocycles. The topological polar surface area (TPSA) is 59.1 Å². The van der Waals surface area contributed by atoms with Gasteiger partial charge in [-0.15, -0.1) is 0 Å². The van der Waals surface area contributed by atoms with Gasteiger partial charge < -0.3 is 10.5 Å². The number of nitrogens with one attached hydrogen (secondary N) is 1. The van der Waals surface area contributed by atoms with Gasteiger partial charge in [-0.1, -0.05) is 0 Å². The summed E-state index contributed by atoms with van der Waals surface area (Å²) in [5.41, 5.74) is 2.20. The fourth-order valence-electron chi connectivity index (χ4n) is 1.46. The molecule has 0 atom stereocenters. The molecule has 0 fully saturated rings. The van der Waals surface area contributed by atoms with Gasteiger partial charge in [0.25, 0.3) is 0 Å². The maximum absolute atomic E-state index is 12.6. The highest BCUT2D eigenvalue weighted by molar-refractivity contribution is 5.76. The van der Waals surface area contributed by atoms with Crippen LogP contribution in [-0.4, -0.2) is 12.4 Å². The second kappa shape index (κ2) is 6.23. The summed E-state index contributed by atoms with van der Waals surface area (Å²) in [6.45, 7) is -0.141. The van der Waals surface area contributed by atoms with Gasteiger partial charge in [-0.3, -0.25) is 5.41 Å². The number of amidine groups is 1. The molecule has 3 N–H and O–H groups in total. The van der Waals surface area contributed by atoms with Crippen molar-refractivity contribution < 1.29 is 31.1 Å². The highest BCUT2D eigenvalue weighted by Gasteiger charge is 2.37. The molecule has 1 aromatic rings. The zero-order chi connectivity index (χ0) is 16.3. The third kappa shape index (κ3) is 5.52. The van der Waals surface area contributed by atoms with E-state index < -0.39 is 29.2 Å². The smallest absolute Gasteiger partial charge is 0.416 e. The zero-order valence-electron chi connectivity index (χ0n) is 10.6. The van der Waals surface area contributed by atoms with Crippen LogP contribution in [0.2, 0.25) is 0 Å². The number of nitrogens with two attached hydrogens (primary N) is 1. The molecule has 0 aliphatic heterocycles. The summed E-state index contributed by atoms with van der Waals surface area (Å²) >= 11 is 0. The Morgan fingerprint density at radius 3 is 1.86 bits per heavy atom. The first-order chi connectivity index (χ1) is 9.50. The van der Waals surface area contributed by atoms with Crippen molar-refractivity contribution in [2.24, 2.45) is 5.73 Å². The summed E-state index contributed by atoms with van der Waals surface area (Å²) in [7, 11) is 0. The van der Waals surface area contributed by atoms with E-state index in [-0.39, 0.29) is 31.4 Å². The standard InChI is InChI=1S/C12H12F6N2O/c13-11(14,15)7-4-8(12(16,17)18)6-9(5-7)21-3-1-2-10(19)20/h4-6H,1-3H2,(H3,19,20). The number of hydrogen-bond acceptors (Lipinski definition) is 2. The van der Waals surface area contributed by atoms with Crippen LogP contribution in [0.1, 0.15) is 24.0 Å². The first kappa shape index (κ1) is 17.1. The van der Waals surface area contributed by atoms with Gasteiger partial charge in [-0.05, 0) is 24.6 Å². The Balaban J connectivity index is 2.95. The number of rotatable bonds is 5. The molecule has 0 aromatic heterocycles. The lowest BCUT2D eigenvalue weighted by Crippen LogP contribution is -2.13. The Bertz CT molecular complexity index is 477.